The molecule has 1 aromatic heterocycles. The first kappa shape index (κ1) is 13.5. The van der Waals surface area contributed by atoms with Gasteiger partial charge in [0.1, 0.15) is 0 Å². The maximum atomic E-state index is 12.7. The largest absolute Gasteiger partial charge is 0.393 e. The molecule has 20 heavy (non-hydrogen) atoms. The number of hydrogen-bond acceptors (Lipinski definition) is 4. The van der Waals surface area contributed by atoms with Crippen LogP contribution in [-0.4, -0.2) is 45.3 Å². The highest BCUT2D eigenvalue weighted by Crippen LogP contribution is 2.38. The second-order valence-electron chi connectivity index (χ2n) is 5.98. The minimum atomic E-state index is -0.235. The van der Waals surface area contributed by atoms with Gasteiger partial charge in [0.2, 0.25) is 0 Å². The van der Waals surface area contributed by atoms with E-state index in [1.54, 1.807) is 0 Å². The molecule has 108 valence electrons. The molecule has 0 radical (unpaired) electrons. The number of nitrogens with zero attached hydrogens (tertiary/aromatic N) is 3. The molecule has 1 aliphatic heterocycles. The number of aliphatic hydroxyl groups is 1. The van der Waals surface area contributed by atoms with Gasteiger partial charge in [-0.2, -0.15) is 10.2 Å². The predicted molar refractivity (Wildman–Crippen MR) is 74.3 cm³/mol. The van der Waals surface area contributed by atoms with Gasteiger partial charge in [-0.3, -0.25) is 4.79 Å². The summed E-state index contributed by atoms with van der Waals surface area (Å²) >= 11 is 0. The Kier molecular flexibility index (Phi) is 3.46. The van der Waals surface area contributed by atoms with Crippen molar-refractivity contribution in [1.29, 1.82) is 0 Å². The second-order valence-corrected chi connectivity index (χ2v) is 5.98. The highest BCUT2D eigenvalue weighted by atomic mass is 16.3. The molecule has 3 rings (SSSR count). The Balaban J connectivity index is 1.82. The van der Waals surface area contributed by atoms with Crippen LogP contribution in [0.3, 0.4) is 0 Å². The minimum Gasteiger partial charge on any atom is -0.393 e. The Morgan fingerprint density at radius 1 is 1.40 bits per heavy atom. The van der Waals surface area contributed by atoms with Gasteiger partial charge in [-0.1, -0.05) is 6.92 Å². The minimum absolute atomic E-state index is 0.0430. The maximum Gasteiger partial charge on any atom is 0.255 e. The number of aromatic nitrogens is 2. The van der Waals surface area contributed by atoms with Crippen molar-refractivity contribution < 1.29 is 9.90 Å². The van der Waals surface area contributed by atoms with Crippen molar-refractivity contribution in [2.75, 3.05) is 13.1 Å². The zero-order valence-electron chi connectivity index (χ0n) is 12.0. The Hall–Kier alpha value is -1.49. The van der Waals surface area contributed by atoms with E-state index in [1.165, 1.54) is 0 Å². The number of carbonyl (C=O) groups is 1. The average Bonchev–Trinajstić information content (AvgIpc) is 3.00. The molecule has 2 fully saturated rings. The van der Waals surface area contributed by atoms with Crippen molar-refractivity contribution in [3.05, 3.63) is 23.0 Å². The first-order valence-electron chi connectivity index (χ1n) is 7.40. The van der Waals surface area contributed by atoms with Crippen molar-refractivity contribution in [1.82, 2.24) is 15.1 Å². The SMILES string of the molecule is CCc1nnc(C)cc1C(=O)N1CC2CCC(O)C2C1. The van der Waals surface area contributed by atoms with Crippen LogP contribution in [0.25, 0.3) is 0 Å². The Bertz CT molecular complexity index is 532. The number of rotatable bonds is 2. The Morgan fingerprint density at radius 2 is 2.20 bits per heavy atom. The summed E-state index contributed by atoms with van der Waals surface area (Å²) in [5.41, 5.74) is 2.21. The summed E-state index contributed by atoms with van der Waals surface area (Å²) in [6.45, 7) is 5.28. The van der Waals surface area contributed by atoms with Crippen LogP contribution in [0.5, 0.6) is 0 Å². The highest BCUT2D eigenvalue weighted by Gasteiger charge is 2.43. The smallest absolute Gasteiger partial charge is 0.255 e. The van der Waals surface area contributed by atoms with E-state index < -0.39 is 0 Å². The van der Waals surface area contributed by atoms with Crippen LogP contribution in [0.2, 0.25) is 0 Å². The molecule has 5 heteroatoms. The molecule has 1 aromatic rings. The molecule has 3 unspecified atom stereocenters. The highest BCUT2D eigenvalue weighted by molar-refractivity contribution is 5.95. The van der Waals surface area contributed by atoms with Crippen LogP contribution in [0, 0.1) is 18.8 Å². The molecule has 1 N–H and O–H groups in total. The quantitative estimate of drug-likeness (QED) is 0.880. The van der Waals surface area contributed by atoms with Crippen molar-refractivity contribution in [2.45, 2.75) is 39.2 Å². The monoisotopic (exact) mass is 275 g/mol. The predicted octanol–water partition coefficient (Wildman–Crippen LogP) is 1.19. The summed E-state index contributed by atoms with van der Waals surface area (Å²) < 4.78 is 0. The molecule has 1 saturated heterocycles. The molecule has 0 aromatic carbocycles. The van der Waals surface area contributed by atoms with Crippen molar-refractivity contribution in [3.63, 3.8) is 0 Å². The van der Waals surface area contributed by atoms with Crippen LogP contribution >= 0.6 is 0 Å². The lowest BCUT2D eigenvalue weighted by Crippen LogP contribution is -2.32. The lowest BCUT2D eigenvalue weighted by Gasteiger charge is -2.19. The van der Waals surface area contributed by atoms with Crippen LogP contribution in [0.4, 0.5) is 0 Å². The van der Waals surface area contributed by atoms with Crippen molar-refractivity contribution in [2.24, 2.45) is 11.8 Å². The standard InChI is InChI=1S/C15H21N3O2/c1-3-13-11(6-9(2)16-17-13)15(20)18-7-10-4-5-14(19)12(10)8-18/h6,10,12,14,19H,3-5,7-8H2,1-2H3. The van der Waals surface area contributed by atoms with E-state index in [4.69, 9.17) is 0 Å². The van der Waals surface area contributed by atoms with Crippen LogP contribution in [-0.2, 0) is 6.42 Å². The molecule has 0 spiro atoms. The molecule has 1 saturated carbocycles. The van der Waals surface area contributed by atoms with Gasteiger partial charge in [-0.25, -0.2) is 0 Å². The molecule has 5 nitrogen and oxygen atoms in total. The van der Waals surface area contributed by atoms with Gasteiger partial charge in [0.05, 0.1) is 23.1 Å². The fourth-order valence-corrected chi connectivity index (χ4v) is 3.53. The Labute approximate surface area is 119 Å². The maximum absolute atomic E-state index is 12.7. The first-order valence-corrected chi connectivity index (χ1v) is 7.40. The number of fused-ring (bicyclic) bond motifs is 1. The third-order valence-electron chi connectivity index (χ3n) is 4.66. The van der Waals surface area contributed by atoms with Crippen LogP contribution < -0.4 is 0 Å². The zero-order chi connectivity index (χ0) is 14.3. The number of carbonyl (C=O) groups excluding carboxylic acids is 1. The molecule has 2 heterocycles. The number of hydrogen-bond donors (Lipinski definition) is 1. The molecular weight excluding hydrogens is 254 g/mol. The van der Waals surface area contributed by atoms with E-state index in [0.717, 1.165) is 30.8 Å². The van der Waals surface area contributed by atoms with E-state index in [1.807, 2.05) is 24.8 Å². The van der Waals surface area contributed by atoms with Gasteiger partial charge in [0.25, 0.3) is 5.91 Å². The summed E-state index contributed by atoms with van der Waals surface area (Å²) in [6.07, 6.45) is 2.38. The number of likely N-dealkylation sites (tertiary alicyclic amines) is 1. The van der Waals surface area contributed by atoms with Gasteiger partial charge in [-0.15, -0.1) is 0 Å². The molecule has 0 bridgehead atoms. The lowest BCUT2D eigenvalue weighted by atomic mass is 10.00. The van der Waals surface area contributed by atoms with E-state index in [0.29, 0.717) is 24.4 Å². The van der Waals surface area contributed by atoms with Crippen molar-refractivity contribution in [3.8, 4) is 0 Å². The van der Waals surface area contributed by atoms with Crippen LogP contribution in [0.15, 0.2) is 6.07 Å². The lowest BCUT2D eigenvalue weighted by molar-refractivity contribution is 0.0750. The average molecular weight is 275 g/mol. The normalized spacial score (nSPS) is 28.8. The first-order chi connectivity index (χ1) is 9.60. The number of amides is 1. The number of aryl methyl sites for hydroxylation is 2. The van der Waals surface area contributed by atoms with Crippen LogP contribution in [0.1, 0.15) is 41.5 Å². The molecule has 3 atom stereocenters. The summed E-state index contributed by atoms with van der Waals surface area (Å²) in [5, 5.41) is 18.1. The van der Waals surface area contributed by atoms with Gasteiger partial charge in [0.15, 0.2) is 0 Å². The topological polar surface area (TPSA) is 66.3 Å². The molecular formula is C15H21N3O2. The fraction of sp³-hybridized carbons (Fsp3) is 0.667. The van der Waals surface area contributed by atoms with E-state index in [2.05, 4.69) is 10.2 Å². The van der Waals surface area contributed by atoms with Gasteiger partial charge >= 0.3 is 0 Å². The summed E-state index contributed by atoms with van der Waals surface area (Å²) in [5.74, 6) is 0.774. The molecule has 2 aliphatic rings. The third-order valence-corrected chi connectivity index (χ3v) is 4.66. The van der Waals surface area contributed by atoms with E-state index in [-0.39, 0.29) is 17.9 Å². The second kappa shape index (κ2) is 5.13. The summed E-state index contributed by atoms with van der Waals surface area (Å²) in [7, 11) is 0. The van der Waals surface area contributed by atoms with Gasteiger partial charge in [-0.05, 0) is 38.2 Å². The van der Waals surface area contributed by atoms with Gasteiger partial charge in [0, 0.05) is 19.0 Å². The zero-order valence-corrected chi connectivity index (χ0v) is 12.0. The third kappa shape index (κ3) is 2.20. The fourth-order valence-electron chi connectivity index (χ4n) is 3.53. The van der Waals surface area contributed by atoms with E-state index in [9.17, 15) is 9.90 Å². The van der Waals surface area contributed by atoms with Crippen molar-refractivity contribution >= 4 is 5.91 Å². The Morgan fingerprint density at radius 3 is 2.90 bits per heavy atom. The molecule has 1 aliphatic carbocycles. The van der Waals surface area contributed by atoms with Gasteiger partial charge < -0.3 is 10.0 Å². The molecule has 1 amide bonds. The number of aliphatic hydroxyl groups excluding tert-OH is 1. The summed E-state index contributed by atoms with van der Waals surface area (Å²) in [6, 6.07) is 1.83. The van der Waals surface area contributed by atoms with E-state index >= 15 is 0 Å². The summed E-state index contributed by atoms with van der Waals surface area (Å²) in [4.78, 5) is 14.6.